The van der Waals surface area contributed by atoms with Gasteiger partial charge in [0.15, 0.2) is 0 Å². The van der Waals surface area contributed by atoms with Crippen molar-refractivity contribution in [1.29, 1.82) is 0 Å². The third kappa shape index (κ3) is 5.41. The normalized spacial score (nSPS) is 12.3. The molecule has 0 aliphatic rings. The molecule has 1 N–H and O–H groups in total. The average molecular weight is 332 g/mol. The van der Waals surface area contributed by atoms with Crippen LogP contribution in [0.4, 0.5) is 0 Å². The van der Waals surface area contributed by atoms with Crippen LogP contribution in [0.3, 0.4) is 0 Å². The molecule has 0 aliphatic heterocycles. The largest absolute Gasteiger partial charge is 0.341 e. The van der Waals surface area contributed by atoms with Gasteiger partial charge in [0, 0.05) is 31.7 Å². The van der Waals surface area contributed by atoms with Crippen molar-refractivity contribution < 1.29 is 4.79 Å². The van der Waals surface area contributed by atoms with Crippen LogP contribution in [0.25, 0.3) is 0 Å². The van der Waals surface area contributed by atoms with Gasteiger partial charge in [0.05, 0.1) is 5.75 Å². The van der Waals surface area contributed by atoms with Gasteiger partial charge >= 0.3 is 0 Å². The van der Waals surface area contributed by atoms with Crippen LogP contribution in [0.1, 0.15) is 17.4 Å². The zero-order valence-electron chi connectivity index (χ0n) is 13.9. The average Bonchev–Trinajstić information content (AvgIpc) is 2.96. The van der Waals surface area contributed by atoms with Gasteiger partial charge in [-0.1, -0.05) is 30.3 Å². The minimum atomic E-state index is -0.224. The van der Waals surface area contributed by atoms with Crippen LogP contribution in [0, 0.1) is 0 Å². The van der Waals surface area contributed by atoms with E-state index in [4.69, 9.17) is 0 Å². The summed E-state index contributed by atoms with van der Waals surface area (Å²) in [6.45, 7) is 0.972. The molecule has 1 atom stereocenters. The molecule has 0 spiro atoms. The Hall–Kier alpha value is -1.79. The van der Waals surface area contributed by atoms with Crippen LogP contribution in [0.5, 0.6) is 0 Å². The Balaban J connectivity index is 2.01. The number of benzene rings is 1. The van der Waals surface area contributed by atoms with E-state index < -0.39 is 0 Å². The first-order valence-corrected chi connectivity index (χ1v) is 8.77. The molecule has 1 heterocycles. The summed E-state index contributed by atoms with van der Waals surface area (Å²) >= 11 is 1.65. The molecule has 0 saturated carbocycles. The molecular formula is C17H24N4OS. The van der Waals surface area contributed by atoms with Crippen molar-refractivity contribution in [2.75, 3.05) is 32.1 Å². The van der Waals surface area contributed by atoms with E-state index in [9.17, 15) is 4.79 Å². The van der Waals surface area contributed by atoms with E-state index in [-0.39, 0.29) is 11.9 Å². The van der Waals surface area contributed by atoms with Gasteiger partial charge in [-0.25, -0.2) is 4.98 Å². The zero-order chi connectivity index (χ0) is 16.7. The van der Waals surface area contributed by atoms with Crippen molar-refractivity contribution >= 4 is 17.7 Å². The van der Waals surface area contributed by atoms with Gasteiger partial charge in [0.1, 0.15) is 11.9 Å². The van der Waals surface area contributed by atoms with Gasteiger partial charge < -0.3 is 14.8 Å². The lowest BCUT2D eigenvalue weighted by atomic mass is 10.1. The molecule has 0 saturated heterocycles. The molecular weight excluding hydrogens is 308 g/mol. The number of hydrogen-bond acceptors (Lipinski definition) is 4. The molecule has 0 unspecified atom stereocenters. The molecule has 0 radical (unpaired) electrons. The monoisotopic (exact) mass is 332 g/mol. The van der Waals surface area contributed by atoms with Crippen LogP contribution in [0.15, 0.2) is 42.7 Å². The second-order valence-electron chi connectivity index (χ2n) is 5.66. The lowest BCUT2D eigenvalue weighted by Crippen LogP contribution is -2.32. The standard InChI is InChI=1S/C17H24N4OS/c1-20(2)11-12-23-13-15(22)19-16(14-7-5-4-6-8-14)17-18-9-10-21(17)3/h4-10,16H,11-13H2,1-3H3,(H,19,22)/t16-/m1/s1. The van der Waals surface area contributed by atoms with E-state index >= 15 is 0 Å². The summed E-state index contributed by atoms with van der Waals surface area (Å²) < 4.78 is 1.94. The maximum Gasteiger partial charge on any atom is 0.230 e. The van der Waals surface area contributed by atoms with E-state index in [2.05, 4.69) is 15.2 Å². The highest BCUT2D eigenvalue weighted by molar-refractivity contribution is 7.99. The predicted molar refractivity (Wildman–Crippen MR) is 95.5 cm³/mol. The van der Waals surface area contributed by atoms with E-state index in [1.165, 1.54) is 0 Å². The zero-order valence-corrected chi connectivity index (χ0v) is 14.7. The number of carbonyl (C=O) groups excluding carboxylic acids is 1. The Labute approximate surface area is 142 Å². The number of hydrogen-bond donors (Lipinski definition) is 1. The third-order valence-corrected chi connectivity index (χ3v) is 4.41. The van der Waals surface area contributed by atoms with Crippen LogP contribution >= 0.6 is 11.8 Å². The fourth-order valence-electron chi connectivity index (χ4n) is 2.21. The molecule has 1 aromatic carbocycles. The number of thioether (sulfide) groups is 1. The van der Waals surface area contributed by atoms with Crippen molar-refractivity contribution in [1.82, 2.24) is 19.8 Å². The maximum absolute atomic E-state index is 12.3. The highest BCUT2D eigenvalue weighted by Gasteiger charge is 2.20. The van der Waals surface area contributed by atoms with E-state index in [1.807, 2.05) is 62.2 Å². The van der Waals surface area contributed by atoms with Gasteiger partial charge in [0.25, 0.3) is 0 Å². The number of nitrogens with zero attached hydrogens (tertiary/aromatic N) is 3. The van der Waals surface area contributed by atoms with Gasteiger partial charge in [-0.2, -0.15) is 11.8 Å². The van der Waals surface area contributed by atoms with Crippen molar-refractivity contribution in [2.45, 2.75) is 6.04 Å². The maximum atomic E-state index is 12.3. The molecule has 5 nitrogen and oxygen atoms in total. The van der Waals surface area contributed by atoms with E-state index in [0.717, 1.165) is 23.7 Å². The van der Waals surface area contributed by atoms with Crippen LogP contribution in [0.2, 0.25) is 0 Å². The third-order valence-electron chi connectivity index (χ3n) is 3.47. The molecule has 0 fully saturated rings. The number of aromatic nitrogens is 2. The second kappa shape index (κ2) is 8.74. The number of amides is 1. The summed E-state index contributed by atoms with van der Waals surface area (Å²) in [7, 11) is 6.01. The summed E-state index contributed by atoms with van der Waals surface area (Å²) in [5, 5.41) is 3.11. The Morgan fingerprint density at radius 1 is 1.35 bits per heavy atom. The summed E-state index contributed by atoms with van der Waals surface area (Å²) in [6, 6.07) is 9.72. The van der Waals surface area contributed by atoms with Crippen molar-refractivity contribution in [3.05, 3.63) is 54.1 Å². The fraction of sp³-hybridized carbons (Fsp3) is 0.412. The Morgan fingerprint density at radius 2 is 2.09 bits per heavy atom. The topological polar surface area (TPSA) is 50.2 Å². The lowest BCUT2D eigenvalue weighted by molar-refractivity contribution is -0.119. The molecule has 1 aromatic heterocycles. The quantitative estimate of drug-likeness (QED) is 0.751. The molecule has 6 heteroatoms. The molecule has 23 heavy (non-hydrogen) atoms. The van der Waals surface area contributed by atoms with Crippen molar-refractivity contribution in [3.8, 4) is 0 Å². The van der Waals surface area contributed by atoms with Crippen molar-refractivity contribution in [2.24, 2.45) is 7.05 Å². The molecule has 2 rings (SSSR count). The summed E-state index contributed by atoms with van der Waals surface area (Å²) in [5.74, 6) is 2.27. The Morgan fingerprint density at radius 3 is 2.70 bits per heavy atom. The van der Waals surface area contributed by atoms with Gasteiger partial charge in [-0.3, -0.25) is 4.79 Å². The van der Waals surface area contributed by atoms with Gasteiger partial charge in [-0.15, -0.1) is 0 Å². The van der Waals surface area contributed by atoms with Crippen LogP contribution in [-0.2, 0) is 11.8 Å². The Kier molecular flexibility index (Phi) is 6.67. The lowest BCUT2D eigenvalue weighted by Gasteiger charge is -2.19. The number of rotatable bonds is 8. The first-order valence-electron chi connectivity index (χ1n) is 7.62. The first-order chi connectivity index (χ1) is 11.1. The van der Waals surface area contributed by atoms with Crippen molar-refractivity contribution in [3.63, 3.8) is 0 Å². The number of nitrogens with one attached hydrogen (secondary N) is 1. The van der Waals surface area contributed by atoms with Gasteiger partial charge in [-0.05, 0) is 19.7 Å². The summed E-state index contributed by atoms with van der Waals surface area (Å²) in [4.78, 5) is 18.8. The summed E-state index contributed by atoms with van der Waals surface area (Å²) in [6.07, 6.45) is 3.65. The SMILES string of the molecule is CN(C)CCSCC(=O)N[C@H](c1ccccc1)c1nccn1C. The van der Waals surface area contributed by atoms with E-state index in [0.29, 0.717) is 5.75 Å². The minimum absolute atomic E-state index is 0.0330. The van der Waals surface area contributed by atoms with Crippen LogP contribution < -0.4 is 5.32 Å². The Bertz CT molecular complexity index is 612. The highest BCUT2D eigenvalue weighted by atomic mass is 32.2. The summed E-state index contributed by atoms with van der Waals surface area (Å²) in [5.41, 5.74) is 1.04. The second-order valence-corrected chi connectivity index (χ2v) is 6.77. The number of imidazole rings is 1. The molecule has 2 aromatic rings. The first kappa shape index (κ1) is 17.6. The van der Waals surface area contributed by atoms with Crippen LogP contribution in [-0.4, -0.2) is 52.5 Å². The number of carbonyl (C=O) groups is 1. The number of aryl methyl sites for hydroxylation is 1. The fourth-order valence-corrected chi connectivity index (χ4v) is 3.12. The minimum Gasteiger partial charge on any atom is -0.341 e. The smallest absolute Gasteiger partial charge is 0.230 e. The molecule has 0 aliphatic carbocycles. The molecule has 1 amide bonds. The predicted octanol–water partition coefficient (Wildman–Crippen LogP) is 1.92. The van der Waals surface area contributed by atoms with Gasteiger partial charge in [0.2, 0.25) is 5.91 Å². The van der Waals surface area contributed by atoms with E-state index in [1.54, 1.807) is 18.0 Å². The highest BCUT2D eigenvalue weighted by Crippen LogP contribution is 2.20. The molecule has 0 bridgehead atoms. The molecule has 124 valence electrons.